The van der Waals surface area contributed by atoms with Gasteiger partial charge in [-0.2, -0.15) is 0 Å². The predicted molar refractivity (Wildman–Crippen MR) is 81.7 cm³/mol. The molecule has 116 valence electrons. The highest BCUT2D eigenvalue weighted by atomic mass is 16.5. The van der Waals surface area contributed by atoms with Crippen LogP contribution in [0.2, 0.25) is 0 Å². The van der Waals surface area contributed by atoms with Crippen LogP contribution in [0, 0.1) is 0 Å². The van der Waals surface area contributed by atoms with Crippen LogP contribution >= 0.6 is 0 Å². The van der Waals surface area contributed by atoms with Crippen molar-refractivity contribution in [3.8, 4) is 11.5 Å². The summed E-state index contributed by atoms with van der Waals surface area (Å²) in [6.07, 6.45) is 2.23. The molecule has 0 radical (unpaired) electrons. The number of likely N-dealkylation sites (N-methyl/N-ethyl adjacent to an activating group) is 1. The summed E-state index contributed by atoms with van der Waals surface area (Å²) < 4.78 is 11.0. The van der Waals surface area contributed by atoms with Crippen LogP contribution < -0.4 is 14.8 Å². The number of amides is 1. The van der Waals surface area contributed by atoms with Crippen LogP contribution in [0.4, 0.5) is 0 Å². The largest absolute Gasteiger partial charge is 0.493 e. The molecule has 1 aliphatic rings. The number of benzene rings is 1. The molecule has 21 heavy (non-hydrogen) atoms. The molecular formula is C16H24N2O3. The van der Waals surface area contributed by atoms with Crippen LogP contribution in [0.15, 0.2) is 18.2 Å². The first-order valence-electron chi connectivity index (χ1n) is 7.43. The van der Waals surface area contributed by atoms with Crippen molar-refractivity contribution in [2.75, 3.05) is 27.3 Å². The van der Waals surface area contributed by atoms with Gasteiger partial charge >= 0.3 is 0 Å². The Labute approximate surface area is 126 Å². The van der Waals surface area contributed by atoms with Gasteiger partial charge in [-0.3, -0.25) is 4.79 Å². The van der Waals surface area contributed by atoms with Crippen LogP contribution in [0.3, 0.4) is 0 Å². The molecule has 1 aliphatic carbocycles. The van der Waals surface area contributed by atoms with Gasteiger partial charge in [-0.1, -0.05) is 6.07 Å². The van der Waals surface area contributed by atoms with Crippen LogP contribution in [-0.4, -0.2) is 44.2 Å². The van der Waals surface area contributed by atoms with Crippen LogP contribution in [-0.2, 0) is 11.3 Å². The lowest BCUT2D eigenvalue weighted by Gasteiger charge is -2.20. The Bertz CT molecular complexity index is 486. The number of hydrogen-bond acceptors (Lipinski definition) is 4. The SMILES string of the molecule is CCN(C(=O)COc1ccc(CNC)cc1OC)C1CC1. The maximum Gasteiger partial charge on any atom is 0.260 e. The lowest BCUT2D eigenvalue weighted by molar-refractivity contribution is -0.133. The Kier molecular flexibility index (Phi) is 5.44. The number of nitrogens with one attached hydrogen (secondary N) is 1. The minimum atomic E-state index is 0.0429. The molecule has 2 rings (SSSR count). The maximum absolute atomic E-state index is 12.1. The van der Waals surface area contributed by atoms with E-state index in [1.165, 1.54) is 0 Å². The third kappa shape index (κ3) is 4.11. The fourth-order valence-corrected chi connectivity index (χ4v) is 2.39. The number of nitrogens with zero attached hydrogens (tertiary/aromatic N) is 1. The van der Waals surface area contributed by atoms with Gasteiger partial charge in [0.25, 0.3) is 5.91 Å². The summed E-state index contributed by atoms with van der Waals surface area (Å²) >= 11 is 0. The van der Waals surface area contributed by atoms with Crippen LogP contribution in [0.5, 0.6) is 11.5 Å². The Morgan fingerprint density at radius 2 is 2.14 bits per heavy atom. The minimum absolute atomic E-state index is 0.0429. The Hall–Kier alpha value is -1.75. The lowest BCUT2D eigenvalue weighted by atomic mass is 10.2. The molecule has 0 heterocycles. The Morgan fingerprint density at radius 3 is 2.71 bits per heavy atom. The van der Waals surface area contributed by atoms with E-state index in [2.05, 4.69) is 5.32 Å². The number of hydrogen-bond donors (Lipinski definition) is 1. The fraction of sp³-hybridized carbons (Fsp3) is 0.562. The molecule has 0 unspecified atom stereocenters. The van der Waals surface area contributed by atoms with Crippen LogP contribution in [0.1, 0.15) is 25.3 Å². The molecule has 0 bridgehead atoms. The van der Waals surface area contributed by atoms with Gasteiger partial charge in [0.2, 0.25) is 0 Å². The molecule has 5 nitrogen and oxygen atoms in total. The Morgan fingerprint density at radius 1 is 1.38 bits per heavy atom. The molecule has 1 saturated carbocycles. The summed E-state index contributed by atoms with van der Waals surface area (Å²) in [6.45, 7) is 3.57. The van der Waals surface area contributed by atoms with E-state index in [1.807, 2.05) is 37.1 Å². The van der Waals surface area contributed by atoms with Gasteiger partial charge in [0.15, 0.2) is 18.1 Å². The highest BCUT2D eigenvalue weighted by molar-refractivity contribution is 5.78. The molecule has 5 heteroatoms. The number of rotatable bonds is 8. The predicted octanol–water partition coefficient (Wildman–Crippen LogP) is 1.80. The van der Waals surface area contributed by atoms with Crippen molar-refractivity contribution >= 4 is 5.91 Å². The molecule has 1 amide bonds. The molecule has 1 fully saturated rings. The van der Waals surface area contributed by atoms with Crippen molar-refractivity contribution in [1.29, 1.82) is 0 Å². The van der Waals surface area contributed by atoms with Crippen molar-refractivity contribution < 1.29 is 14.3 Å². The van der Waals surface area contributed by atoms with E-state index in [0.717, 1.165) is 31.5 Å². The zero-order valence-electron chi connectivity index (χ0n) is 13.0. The first-order chi connectivity index (χ1) is 10.2. The van der Waals surface area contributed by atoms with E-state index < -0.39 is 0 Å². The molecule has 1 aromatic carbocycles. The second kappa shape index (κ2) is 7.31. The van der Waals surface area contributed by atoms with Gasteiger partial charge in [-0.15, -0.1) is 0 Å². The van der Waals surface area contributed by atoms with Gasteiger partial charge in [0, 0.05) is 19.1 Å². The van der Waals surface area contributed by atoms with Gasteiger partial charge in [-0.05, 0) is 44.5 Å². The smallest absolute Gasteiger partial charge is 0.260 e. The van der Waals surface area contributed by atoms with Gasteiger partial charge in [0.1, 0.15) is 0 Å². The monoisotopic (exact) mass is 292 g/mol. The summed E-state index contributed by atoms with van der Waals surface area (Å²) in [7, 11) is 3.50. The first kappa shape index (κ1) is 15.6. The molecule has 1 N–H and O–H groups in total. The summed E-state index contributed by atoms with van der Waals surface area (Å²) in [6, 6.07) is 6.17. The van der Waals surface area contributed by atoms with Crippen molar-refractivity contribution in [3.05, 3.63) is 23.8 Å². The molecule has 0 atom stereocenters. The van der Waals surface area contributed by atoms with Crippen molar-refractivity contribution in [2.24, 2.45) is 0 Å². The highest BCUT2D eigenvalue weighted by Crippen LogP contribution is 2.29. The second-order valence-corrected chi connectivity index (χ2v) is 5.22. The van der Waals surface area contributed by atoms with Crippen molar-refractivity contribution in [1.82, 2.24) is 10.2 Å². The molecule has 1 aromatic rings. The van der Waals surface area contributed by atoms with Crippen molar-refractivity contribution in [3.63, 3.8) is 0 Å². The van der Waals surface area contributed by atoms with E-state index in [0.29, 0.717) is 17.5 Å². The fourth-order valence-electron chi connectivity index (χ4n) is 2.39. The molecule has 0 saturated heterocycles. The van der Waals surface area contributed by atoms with E-state index >= 15 is 0 Å². The number of carbonyl (C=O) groups is 1. The zero-order valence-corrected chi connectivity index (χ0v) is 13.0. The number of carbonyl (C=O) groups excluding carboxylic acids is 1. The van der Waals surface area contributed by atoms with E-state index in [-0.39, 0.29) is 12.5 Å². The average molecular weight is 292 g/mol. The topological polar surface area (TPSA) is 50.8 Å². The first-order valence-corrected chi connectivity index (χ1v) is 7.43. The molecule has 0 aromatic heterocycles. The molecular weight excluding hydrogens is 268 g/mol. The van der Waals surface area contributed by atoms with E-state index in [9.17, 15) is 4.79 Å². The standard InChI is InChI=1S/C16H24N2O3/c1-4-18(13-6-7-13)16(19)11-21-14-8-5-12(10-17-2)9-15(14)20-3/h5,8-9,13,17H,4,6-7,10-11H2,1-3H3. The zero-order chi connectivity index (χ0) is 15.2. The molecule has 0 spiro atoms. The maximum atomic E-state index is 12.1. The van der Waals surface area contributed by atoms with E-state index in [1.54, 1.807) is 7.11 Å². The highest BCUT2D eigenvalue weighted by Gasteiger charge is 2.31. The minimum Gasteiger partial charge on any atom is -0.493 e. The quantitative estimate of drug-likeness (QED) is 0.794. The third-order valence-corrected chi connectivity index (χ3v) is 3.61. The Balaban J connectivity index is 1.97. The summed E-state index contributed by atoms with van der Waals surface area (Å²) in [4.78, 5) is 14.0. The lowest BCUT2D eigenvalue weighted by Crippen LogP contribution is -2.36. The summed E-state index contributed by atoms with van der Waals surface area (Å²) in [5, 5.41) is 3.09. The number of methoxy groups -OCH3 is 1. The van der Waals surface area contributed by atoms with Gasteiger partial charge in [-0.25, -0.2) is 0 Å². The number of ether oxygens (including phenoxy) is 2. The van der Waals surface area contributed by atoms with Gasteiger partial charge < -0.3 is 19.7 Å². The normalized spacial score (nSPS) is 13.9. The third-order valence-electron chi connectivity index (χ3n) is 3.61. The molecule has 0 aliphatic heterocycles. The second-order valence-electron chi connectivity index (χ2n) is 5.22. The average Bonchev–Trinajstić information content (AvgIpc) is 3.31. The van der Waals surface area contributed by atoms with E-state index in [4.69, 9.17) is 9.47 Å². The van der Waals surface area contributed by atoms with Crippen LogP contribution in [0.25, 0.3) is 0 Å². The van der Waals surface area contributed by atoms with Crippen molar-refractivity contribution in [2.45, 2.75) is 32.4 Å². The van der Waals surface area contributed by atoms with Gasteiger partial charge in [0.05, 0.1) is 7.11 Å². The summed E-state index contributed by atoms with van der Waals surface area (Å²) in [5.41, 5.74) is 1.11. The summed E-state index contributed by atoms with van der Waals surface area (Å²) in [5.74, 6) is 1.31.